The van der Waals surface area contributed by atoms with Gasteiger partial charge in [0.25, 0.3) is 0 Å². The summed E-state index contributed by atoms with van der Waals surface area (Å²) in [6.07, 6.45) is -0.919. The molecule has 138 valence electrons. The lowest BCUT2D eigenvalue weighted by Gasteiger charge is -2.40. The van der Waals surface area contributed by atoms with Crippen molar-refractivity contribution in [3.63, 3.8) is 0 Å². The second-order valence-electron chi connectivity index (χ2n) is 6.41. The molecule has 0 bridgehead atoms. The fourth-order valence-corrected chi connectivity index (χ4v) is 3.14. The Balaban J connectivity index is 1.50. The van der Waals surface area contributed by atoms with E-state index >= 15 is 0 Å². The van der Waals surface area contributed by atoms with E-state index in [1.54, 1.807) is 0 Å². The first-order valence-electron chi connectivity index (χ1n) is 8.53. The predicted octanol–water partition coefficient (Wildman–Crippen LogP) is 3.75. The van der Waals surface area contributed by atoms with Crippen LogP contribution in [-0.2, 0) is 16.4 Å². The van der Waals surface area contributed by atoms with Gasteiger partial charge in [0.2, 0.25) is 5.91 Å². The van der Waals surface area contributed by atoms with Crippen molar-refractivity contribution in [3.8, 4) is 0 Å². The zero-order valence-electron chi connectivity index (χ0n) is 14.1. The lowest BCUT2D eigenvalue weighted by atomic mass is 9.64. The number of nitrogens with zero attached hydrogens (tertiary/aromatic N) is 1. The molecule has 2 N–H and O–H groups in total. The zero-order valence-corrected chi connectivity index (χ0v) is 14.1. The van der Waals surface area contributed by atoms with Crippen molar-refractivity contribution in [3.05, 3.63) is 59.8 Å². The molecule has 2 aromatic rings. The Morgan fingerprint density at radius 3 is 2.35 bits per heavy atom. The van der Waals surface area contributed by atoms with Gasteiger partial charge in [0.1, 0.15) is 5.82 Å². The van der Waals surface area contributed by atoms with Crippen LogP contribution >= 0.6 is 0 Å². The molecule has 0 spiro atoms. The van der Waals surface area contributed by atoms with Crippen LogP contribution in [-0.4, -0.2) is 24.0 Å². The minimum absolute atomic E-state index is 0.00266. The van der Waals surface area contributed by atoms with E-state index in [9.17, 15) is 18.0 Å². The van der Waals surface area contributed by atoms with Crippen LogP contribution in [0.1, 0.15) is 30.4 Å². The summed E-state index contributed by atoms with van der Waals surface area (Å²) in [4.78, 5) is 16.4. The van der Waals surface area contributed by atoms with E-state index in [2.05, 4.69) is 15.6 Å². The number of hydrogen-bond donors (Lipinski definition) is 2. The first-order chi connectivity index (χ1) is 12.4. The number of halogens is 3. The molecule has 1 aliphatic carbocycles. The molecule has 1 aromatic heterocycles. The van der Waals surface area contributed by atoms with Crippen molar-refractivity contribution in [1.82, 2.24) is 10.3 Å². The molecule has 0 radical (unpaired) electrons. The van der Waals surface area contributed by atoms with Gasteiger partial charge in [-0.15, -0.1) is 0 Å². The summed E-state index contributed by atoms with van der Waals surface area (Å²) < 4.78 is 37.5. The minimum atomic E-state index is -4.39. The van der Waals surface area contributed by atoms with Crippen molar-refractivity contribution >= 4 is 11.7 Å². The van der Waals surface area contributed by atoms with Gasteiger partial charge in [-0.05, 0) is 30.5 Å². The summed E-state index contributed by atoms with van der Waals surface area (Å²) in [6, 6.07) is 12.0. The summed E-state index contributed by atoms with van der Waals surface area (Å²) in [6.45, 7) is 0.755. The summed E-state index contributed by atoms with van der Waals surface area (Å²) in [7, 11) is 0. The fraction of sp³-hybridized carbons (Fsp3) is 0.368. The summed E-state index contributed by atoms with van der Waals surface area (Å²) in [5, 5.41) is 5.83. The Morgan fingerprint density at radius 1 is 1.08 bits per heavy atom. The van der Waals surface area contributed by atoms with E-state index in [-0.39, 0.29) is 5.91 Å². The summed E-state index contributed by atoms with van der Waals surface area (Å²) in [5.74, 6) is 0.339. The van der Waals surface area contributed by atoms with Crippen LogP contribution in [0.4, 0.5) is 19.0 Å². The van der Waals surface area contributed by atoms with Crippen LogP contribution in [0, 0.1) is 0 Å². The molecule has 1 amide bonds. The third kappa shape index (κ3) is 3.81. The Bertz CT molecular complexity index is 741. The number of alkyl halides is 3. The third-order valence-corrected chi connectivity index (χ3v) is 4.78. The molecule has 0 saturated heterocycles. The average molecular weight is 363 g/mol. The number of benzene rings is 1. The van der Waals surface area contributed by atoms with Crippen LogP contribution < -0.4 is 10.6 Å². The molecular weight excluding hydrogens is 343 g/mol. The number of hydrogen-bond acceptors (Lipinski definition) is 3. The lowest BCUT2D eigenvalue weighted by Crippen LogP contribution is -2.50. The highest BCUT2D eigenvalue weighted by atomic mass is 19.4. The maximum atomic E-state index is 12.6. The van der Waals surface area contributed by atoms with Crippen LogP contribution in [0.25, 0.3) is 0 Å². The standard InChI is InChI=1S/C19H20F3N3O/c20-19(21,22)15-7-8-16(25-13-15)23-11-12-24-17(26)18(9-4-10-18)14-5-2-1-3-6-14/h1-3,5-8,13H,4,9-12H2,(H,23,25)(H,24,26). The fourth-order valence-electron chi connectivity index (χ4n) is 3.14. The molecular formula is C19H20F3N3O. The second-order valence-corrected chi connectivity index (χ2v) is 6.41. The van der Waals surface area contributed by atoms with Gasteiger partial charge in [0.15, 0.2) is 0 Å². The van der Waals surface area contributed by atoms with Gasteiger partial charge in [-0.2, -0.15) is 13.2 Å². The van der Waals surface area contributed by atoms with E-state index in [0.717, 1.165) is 37.1 Å². The van der Waals surface area contributed by atoms with Gasteiger partial charge in [-0.3, -0.25) is 4.79 Å². The number of carbonyl (C=O) groups excluding carboxylic acids is 1. The Morgan fingerprint density at radius 2 is 1.81 bits per heavy atom. The summed E-state index contributed by atoms with van der Waals surface area (Å²) in [5.41, 5.74) is -0.208. The van der Waals surface area contributed by atoms with Crippen LogP contribution in [0.2, 0.25) is 0 Å². The minimum Gasteiger partial charge on any atom is -0.368 e. The molecule has 1 aliphatic rings. The van der Waals surface area contributed by atoms with E-state index in [1.165, 1.54) is 6.07 Å². The normalized spacial score (nSPS) is 15.8. The van der Waals surface area contributed by atoms with Crippen molar-refractivity contribution in [2.24, 2.45) is 0 Å². The van der Waals surface area contributed by atoms with E-state index in [1.807, 2.05) is 30.3 Å². The largest absolute Gasteiger partial charge is 0.417 e. The number of carbonyl (C=O) groups is 1. The van der Waals surface area contributed by atoms with Crippen molar-refractivity contribution in [2.75, 3.05) is 18.4 Å². The molecule has 4 nitrogen and oxygen atoms in total. The zero-order chi connectivity index (χ0) is 18.6. The number of nitrogens with one attached hydrogen (secondary N) is 2. The maximum absolute atomic E-state index is 12.6. The van der Waals surface area contributed by atoms with Gasteiger partial charge >= 0.3 is 6.18 Å². The molecule has 1 heterocycles. The molecule has 3 rings (SSSR count). The van der Waals surface area contributed by atoms with E-state index in [4.69, 9.17) is 0 Å². The molecule has 0 aliphatic heterocycles. The predicted molar refractivity (Wildman–Crippen MR) is 92.7 cm³/mol. The molecule has 0 unspecified atom stereocenters. The smallest absolute Gasteiger partial charge is 0.368 e. The summed E-state index contributed by atoms with van der Waals surface area (Å²) >= 11 is 0. The third-order valence-electron chi connectivity index (χ3n) is 4.78. The van der Waals surface area contributed by atoms with E-state index in [0.29, 0.717) is 18.9 Å². The Hall–Kier alpha value is -2.57. The van der Waals surface area contributed by atoms with Gasteiger partial charge in [0.05, 0.1) is 11.0 Å². The SMILES string of the molecule is O=C(NCCNc1ccc(C(F)(F)F)cn1)C1(c2ccccc2)CCC1. The number of aromatic nitrogens is 1. The Kier molecular flexibility index (Phi) is 5.15. The van der Waals surface area contributed by atoms with Gasteiger partial charge in [-0.25, -0.2) is 4.98 Å². The van der Waals surface area contributed by atoms with Crippen LogP contribution in [0.3, 0.4) is 0 Å². The molecule has 0 atom stereocenters. The first-order valence-corrected chi connectivity index (χ1v) is 8.53. The topological polar surface area (TPSA) is 54.0 Å². The average Bonchev–Trinajstić information content (AvgIpc) is 2.58. The maximum Gasteiger partial charge on any atom is 0.417 e. The molecule has 1 fully saturated rings. The number of amides is 1. The van der Waals surface area contributed by atoms with Gasteiger partial charge < -0.3 is 10.6 Å². The lowest BCUT2D eigenvalue weighted by molar-refractivity contribution is -0.137. The van der Waals surface area contributed by atoms with Crippen molar-refractivity contribution < 1.29 is 18.0 Å². The number of anilines is 1. The van der Waals surface area contributed by atoms with Gasteiger partial charge in [0, 0.05) is 19.3 Å². The van der Waals surface area contributed by atoms with Gasteiger partial charge in [-0.1, -0.05) is 36.8 Å². The number of pyridine rings is 1. The molecule has 1 aromatic carbocycles. The first kappa shape index (κ1) is 18.2. The second kappa shape index (κ2) is 7.35. The highest BCUT2D eigenvalue weighted by molar-refractivity contribution is 5.89. The Labute approximate surface area is 149 Å². The molecule has 7 heteroatoms. The van der Waals surface area contributed by atoms with Crippen LogP contribution in [0.15, 0.2) is 48.7 Å². The van der Waals surface area contributed by atoms with Crippen LogP contribution in [0.5, 0.6) is 0 Å². The number of rotatable bonds is 6. The highest BCUT2D eigenvalue weighted by Gasteiger charge is 2.45. The highest BCUT2D eigenvalue weighted by Crippen LogP contribution is 2.43. The molecule has 1 saturated carbocycles. The quantitative estimate of drug-likeness (QED) is 0.769. The van der Waals surface area contributed by atoms with Crippen molar-refractivity contribution in [2.45, 2.75) is 30.9 Å². The monoisotopic (exact) mass is 363 g/mol. The van der Waals surface area contributed by atoms with Crippen molar-refractivity contribution in [1.29, 1.82) is 0 Å². The molecule has 26 heavy (non-hydrogen) atoms. The van der Waals surface area contributed by atoms with E-state index < -0.39 is 17.2 Å².